The number of hydrogen-bond donors (Lipinski definition) is 1. The number of rotatable bonds is 3. The second-order valence-electron chi connectivity index (χ2n) is 5.75. The van der Waals surface area contributed by atoms with E-state index in [1.807, 2.05) is 24.3 Å². The number of nitrogens with zero attached hydrogens (tertiary/aromatic N) is 1. The Labute approximate surface area is 118 Å². The van der Waals surface area contributed by atoms with Crippen LogP contribution in [-0.4, -0.2) is 24.2 Å². The van der Waals surface area contributed by atoms with Crippen molar-refractivity contribution < 1.29 is 9.15 Å². The van der Waals surface area contributed by atoms with Gasteiger partial charge in [-0.2, -0.15) is 0 Å². The molecule has 0 spiro atoms. The third-order valence-electron chi connectivity index (χ3n) is 4.43. The first-order valence-electron chi connectivity index (χ1n) is 7.26. The standard InChI is InChI=1S/C16H18N2O2/c1-2-11(16-18-4-5-19-16)6-14(3-1)20-15-7-12-9-17-10-13(12)8-15/h1-6,12-13,15,17H,7-10H2/t12-,13+,15+. The maximum absolute atomic E-state index is 6.15. The van der Waals surface area contributed by atoms with Crippen molar-refractivity contribution in [3.8, 4) is 17.2 Å². The van der Waals surface area contributed by atoms with Crippen LogP contribution in [0.2, 0.25) is 0 Å². The maximum atomic E-state index is 6.15. The summed E-state index contributed by atoms with van der Waals surface area (Å²) in [5.41, 5.74) is 0.965. The van der Waals surface area contributed by atoms with Crippen molar-refractivity contribution in [2.24, 2.45) is 11.8 Å². The minimum atomic E-state index is 0.354. The zero-order chi connectivity index (χ0) is 13.4. The molecule has 3 atom stereocenters. The third kappa shape index (κ3) is 2.20. The third-order valence-corrected chi connectivity index (χ3v) is 4.43. The molecule has 1 aliphatic carbocycles. The molecule has 4 heteroatoms. The summed E-state index contributed by atoms with van der Waals surface area (Å²) >= 11 is 0. The molecule has 20 heavy (non-hydrogen) atoms. The lowest BCUT2D eigenvalue weighted by Crippen LogP contribution is -2.18. The van der Waals surface area contributed by atoms with Crippen LogP contribution in [0.4, 0.5) is 0 Å². The summed E-state index contributed by atoms with van der Waals surface area (Å²) in [6, 6.07) is 8.01. The summed E-state index contributed by atoms with van der Waals surface area (Å²) in [6.45, 7) is 2.31. The molecule has 2 fully saturated rings. The van der Waals surface area contributed by atoms with Gasteiger partial charge in [-0.15, -0.1) is 0 Å². The van der Waals surface area contributed by atoms with Crippen molar-refractivity contribution in [2.75, 3.05) is 13.1 Å². The van der Waals surface area contributed by atoms with Gasteiger partial charge in [0.25, 0.3) is 0 Å². The fourth-order valence-electron chi connectivity index (χ4n) is 3.47. The van der Waals surface area contributed by atoms with Crippen molar-refractivity contribution in [1.82, 2.24) is 10.3 Å². The summed E-state index contributed by atoms with van der Waals surface area (Å²) in [7, 11) is 0. The van der Waals surface area contributed by atoms with Gasteiger partial charge in [0.05, 0.1) is 12.3 Å². The summed E-state index contributed by atoms with van der Waals surface area (Å²) in [5.74, 6) is 3.16. The first kappa shape index (κ1) is 12.0. The Hall–Kier alpha value is -1.81. The van der Waals surface area contributed by atoms with Crippen LogP contribution in [0.25, 0.3) is 11.5 Å². The topological polar surface area (TPSA) is 47.3 Å². The van der Waals surface area contributed by atoms with Gasteiger partial charge in [-0.1, -0.05) is 6.07 Å². The number of benzene rings is 1. The van der Waals surface area contributed by atoms with Gasteiger partial charge in [-0.3, -0.25) is 0 Å². The summed E-state index contributed by atoms with van der Waals surface area (Å²) < 4.78 is 11.5. The van der Waals surface area contributed by atoms with Crippen molar-refractivity contribution in [3.05, 3.63) is 36.7 Å². The number of nitrogens with one attached hydrogen (secondary N) is 1. The molecule has 0 amide bonds. The van der Waals surface area contributed by atoms with E-state index in [0.29, 0.717) is 12.0 Å². The van der Waals surface area contributed by atoms with Crippen molar-refractivity contribution in [2.45, 2.75) is 18.9 Å². The molecule has 4 nitrogen and oxygen atoms in total. The van der Waals surface area contributed by atoms with Crippen LogP contribution in [0.15, 0.2) is 41.1 Å². The average molecular weight is 270 g/mol. The molecule has 1 saturated carbocycles. The van der Waals surface area contributed by atoms with E-state index in [4.69, 9.17) is 9.15 Å². The summed E-state index contributed by atoms with van der Waals surface area (Å²) in [4.78, 5) is 4.18. The Kier molecular flexibility index (Phi) is 2.96. The number of hydrogen-bond acceptors (Lipinski definition) is 4. The molecule has 1 N–H and O–H groups in total. The molecule has 0 bridgehead atoms. The van der Waals surface area contributed by atoms with E-state index in [1.165, 1.54) is 12.8 Å². The Morgan fingerprint density at radius 3 is 2.80 bits per heavy atom. The number of aromatic nitrogens is 1. The van der Waals surface area contributed by atoms with E-state index in [1.54, 1.807) is 12.5 Å². The molecule has 1 aromatic carbocycles. The zero-order valence-electron chi connectivity index (χ0n) is 11.3. The van der Waals surface area contributed by atoms with E-state index in [-0.39, 0.29) is 0 Å². The highest BCUT2D eigenvalue weighted by Gasteiger charge is 2.38. The fourth-order valence-corrected chi connectivity index (χ4v) is 3.47. The van der Waals surface area contributed by atoms with E-state index < -0.39 is 0 Å². The van der Waals surface area contributed by atoms with Gasteiger partial charge in [-0.05, 0) is 56.0 Å². The number of oxazole rings is 1. The molecule has 2 heterocycles. The van der Waals surface area contributed by atoms with Gasteiger partial charge in [0, 0.05) is 5.56 Å². The van der Waals surface area contributed by atoms with Crippen molar-refractivity contribution in [3.63, 3.8) is 0 Å². The molecule has 2 aliphatic rings. The van der Waals surface area contributed by atoms with Crippen LogP contribution in [0.1, 0.15) is 12.8 Å². The SMILES string of the molecule is c1cc(O[C@@H]2C[C@H]3CNC[C@H]3C2)cc(-c2ncco2)c1. The Morgan fingerprint density at radius 2 is 2.05 bits per heavy atom. The van der Waals surface area contributed by atoms with E-state index in [9.17, 15) is 0 Å². The van der Waals surface area contributed by atoms with Crippen molar-refractivity contribution >= 4 is 0 Å². The Morgan fingerprint density at radius 1 is 1.20 bits per heavy atom. The highest BCUT2D eigenvalue weighted by atomic mass is 16.5. The van der Waals surface area contributed by atoms with E-state index in [2.05, 4.69) is 10.3 Å². The lowest BCUT2D eigenvalue weighted by molar-refractivity contribution is 0.199. The minimum absolute atomic E-state index is 0.354. The monoisotopic (exact) mass is 270 g/mol. The minimum Gasteiger partial charge on any atom is -0.490 e. The quantitative estimate of drug-likeness (QED) is 0.931. The highest BCUT2D eigenvalue weighted by Crippen LogP contribution is 2.37. The van der Waals surface area contributed by atoms with Crippen LogP contribution < -0.4 is 10.1 Å². The molecular weight excluding hydrogens is 252 g/mol. The van der Waals surface area contributed by atoms with Crippen molar-refractivity contribution in [1.29, 1.82) is 0 Å². The maximum Gasteiger partial charge on any atom is 0.225 e. The second kappa shape index (κ2) is 4.94. The van der Waals surface area contributed by atoms with Gasteiger partial charge in [-0.25, -0.2) is 4.98 Å². The predicted molar refractivity (Wildman–Crippen MR) is 75.4 cm³/mol. The highest BCUT2D eigenvalue weighted by molar-refractivity contribution is 5.55. The molecule has 4 rings (SSSR count). The molecule has 0 radical (unpaired) electrons. The molecule has 104 valence electrons. The van der Waals surface area contributed by atoms with Gasteiger partial charge in [0.1, 0.15) is 12.0 Å². The molecule has 1 aliphatic heterocycles. The van der Waals surface area contributed by atoms with Crippen LogP contribution in [-0.2, 0) is 0 Å². The molecule has 1 saturated heterocycles. The van der Waals surface area contributed by atoms with Crippen LogP contribution in [0.3, 0.4) is 0 Å². The lowest BCUT2D eigenvalue weighted by Gasteiger charge is -2.15. The fraction of sp³-hybridized carbons (Fsp3) is 0.438. The number of ether oxygens (including phenoxy) is 1. The van der Waals surface area contributed by atoms with Crippen LogP contribution in [0, 0.1) is 11.8 Å². The molecule has 2 aromatic rings. The molecule has 0 unspecified atom stereocenters. The van der Waals surface area contributed by atoms with Gasteiger partial charge in [0.15, 0.2) is 0 Å². The lowest BCUT2D eigenvalue weighted by atomic mass is 10.0. The Balaban J connectivity index is 1.48. The van der Waals surface area contributed by atoms with Crippen LogP contribution >= 0.6 is 0 Å². The average Bonchev–Trinajstić information content (AvgIpc) is 3.15. The van der Waals surface area contributed by atoms with E-state index >= 15 is 0 Å². The first-order valence-corrected chi connectivity index (χ1v) is 7.26. The summed E-state index contributed by atoms with van der Waals surface area (Å²) in [5, 5.41) is 3.46. The van der Waals surface area contributed by atoms with Gasteiger partial charge >= 0.3 is 0 Å². The largest absolute Gasteiger partial charge is 0.490 e. The van der Waals surface area contributed by atoms with Crippen LogP contribution in [0.5, 0.6) is 5.75 Å². The Bertz CT molecular complexity index is 570. The normalized spacial score (nSPS) is 28.5. The van der Waals surface area contributed by atoms with Gasteiger partial charge in [0.2, 0.25) is 5.89 Å². The van der Waals surface area contributed by atoms with Gasteiger partial charge < -0.3 is 14.5 Å². The smallest absolute Gasteiger partial charge is 0.225 e. The number of fused-ring (bicyclic) bond motifs is 1. The predicted octanol–water partition coefficient (Wildman–Crippen LogP) is 2.72. The second-order valence-corrected chi connectivity index (χ2v) is 5.75. The molecular formula is C16H18N2O2. The van der Waals surface area contributed by atoms with E-state index in [0.717, 1.165) is 36.2 Å². The zero-order valence-corrected chi connectivity index (χ0v) is 11.3. The molecule has 1 aromatic heterocycles. The summed E-state index contributed by atoms with van der Waals surface area (Å²) in [6.07, 6.45) is 5.94. The first-order chi connectivity index (χ1) is 9.88.